The Hall–Kier alpha value is -3.55. The fourth-order valence-electron chi connectivity index (χ4n) is 2.36. The van der Waals surface area contributed by atoms with Gasteiger partial charge in [0.2, 0.25) is 6.79 Å². The summed E-state index contributed by atoms with van der Waals surface area (Å²) in [5.41, 5.74) is 0.920. The van der Waals surface area contributed by atoms with Crippen LogP contribution in [0.25, 0.3) is 0 Å². The van der Waals surface area contributed by atoms with Crippen LogP contribution in [0, 0.1) is 0 Å². The fourth-order valence-corrected chi connectivity index (χ4v) is 2.36. The molecule has 1 heterocycles. The molecule has 8 heteroatoms. The summed E-state index contributed by atoms with van der Waals surface area (Å²) in [6.45, 7) is 1.15. The predicted molar refractivity (Wildman–Crippen MR) is 95.5 cm³/mol. The summed E-state index contributed by atoms with van der Waals surface area (Å²) in [7, 11) is 0. The molecule has 0 saturated carbocycles. The van der Waals surface area contributed by atoms with E-state index in [-0.39, 0.29) is 6.79 Å². The van der Waals surface area contributed by atoms with E-state index in [9.17, 15) is 14.4 Å². The van der Waals surface area contributed by atoms with Gasteiger partial charge in [-0.15, -0.1) is 0 Å². The van der Waals surface area contributed by atoms with Gasteiger partial charge in [0.25, 0.3) is 11.8 Å². The lowest BCUT2D eigenvalue weighted by molar-refractivity contribution is -0.148. The molecule has 27 heavy (non-hydrogen) atoms. The van der Waals surface area contributed by atoms with Crippen LogP contribution < -0.4 is 20.1 Å². The number of fused-ring (bicyclic) bond motifs is 1. The van der Waals surface area contributed by atoms with Crippen LogP contribution in [-0.2, 0) is 14.3 Å². The Bertz CT molecular complexity index is 853. The van der Waals surface area contributed by atoms with Gasteiger partial charge in [0, 0.05) is 17.3 Å². The van der Waals surface area contributed by atoms with Crippen molar-refractivity contribution in [1.82, 2.24) is 5.32 Å². The minimum atomic E-state index is -0.893. The zero-order valence-electron chi connectivity index (χ0n) is 14.6. The lowest BCUT2D eigenvalue weighted by Crippen LogP contribution is -2.40. The molecule has 0 fully saturated rings. The summed E-state index contributed by atoms with van der Waals surface area (Å²) >= 11 is 0. The highest BCUT2D eigenvalue weighted by Crippen LogP contribution is 2.34. The van der Waals surface area contributed by atoms with Crippen LogP contribution in [0.2, 0.25) is 0 Å². The first-order valence-electron chi connectivity index (χ1n) is 8.25. The highest BCUT2D eigenvalue weighted by molar-refractivity contribution is 5.97. The van der Waals surface area contributed by atoms with Crippen LogP contribution in [0.1, 0.15) is 17.3 Å². The average molecular weight is 370 g/mol. The molecule has 1 aliphatic rings. The zero-order chi connectivity index (χ0) is 19.2. The maximum atomic E-state index is 12.0. The molecular formula is C19H18N2O6. The van der Waals surface area contributed by atoms with Crippen molar-refractivity contribution in [2.45, 2.75) is 13.0 Å². The Kier molecular flexibility index (Phi) is 5.55. The van der Waals surface area contributed by atoms with Crippen LogP contribution >= 0.6 is 0 Å². The smallest absolute Gasteiger partial charge is 0.328 e. The van der Waals surface area contributed by atoms with Crippen molar-refractivity contribution in [3.8, 4) is 11.5 Å². The third-order valence-corrected chi connectivity index (χ3v) is 3.74. The Morgan fingerprint density at radius 1 is 1.07 bits per heavy atom. The van der Waals surface area contributed by atoms with Gasteiger partial charge in [-0.1, -0.05) is 18.2 Å². The molecule has 1 unspecified atom stereocenters. The highest BCUT2D eigenvalue weighted by atomic mass is 16.7. The number of hydrogen-bond acceptors (Lipinski definition) is 6. The van der Waals surface area contributed by atoms with Crippen LogP contribution in [0.4, 0.5) is 5.69 Å². The number of nitrogens with one attached hydrogen (secondary N) is 2. The standard InChI is InChI=1S/C19H18N2O6/c1-12(20-18(23)13-5-3-2-4-6-13)19(24)25-10-17(22)21-14-7-8-15-16(9-14)27-11-26-15/h2-9,12H,10-11H2,1H3,(H,20,23)(H,21,22). The molecule has 2 aromatic carbocycles. The molecule has 8 nitrogen and oxygen atoms in total. The molecule has 2 N–H and O–H groups in total. The Balaban J connectivity index is 1.45. The third kappa shape index (κ3) is 4.75. The monoisotopic (exact) mass is 370 g/mol. The summed E-state index contributed by atoms with van der Waals surface area (Å²) in [6, 6.07) is 12.5. The fraction of sp³-hybridized carbons (Fsp3) is 0.211. The molecule has 140 valence electrons. The quantitative estimate of drug-likeness (QED) is 0.751. The van der Waals surface area contributed by atoms with Crippen LogP contribution in [0.15, 0.2) is 48.5 Å². The molecule has 0 aliphatic carbocycles. The first kappa shape index (κ1) is 18.2. The zero-order valence-corrected chi connectivity index (χ0v) is 14.6. The second-order valence-electron chi connectivity index (χ2n) is 5.79. The lowest BCUT2D eigenvalue weighted by Gasteiger charge is -2.13. The van der Waals surface area contributed by atoms with Crippen molar-refractivity contribution >= 4 is 23.5 Å². The summed E-state index contributed by atoms with van der Waals surface area (Å²) in [6.07, 6.45) is 0. The number of amides is 2. The molecule has 3 rings (SSSR count). The van der Waals surface area contributed by atoms with E-state index in [0.717, 1.165) is 0 Å². The number of esters is 1. The van der Waals surface area contributed by atoms with Crippen molar-refractivity contribution in [2.24, 2.45) is 0 Å². The minimum absolute atomic E-state index is 0.136. The van der Waals surface area contributed by atoms with Gasteiger partial charge in [0.15, 0.2) is 18.1 Å². The van der Waals surface area contributed by atoms with Crippen LogP contribution in [0.3, 0.4) is 0 Å². The normalized spacial score (nSPS) is 12.8. The van der Waals surface area contributed by atoms with E-state index in [0.29, 0.717) is 22.7 Å². The third-order valence-electron chi connectivity index (χ3n) is 3.74. The number of benzene rings is 2. The minimum Gasteiger partial charge on any atom is -0.454 e. The first-order valence-corrected chi connectivity index (χ1v) is 8.25. The molecule has 0 saturated heterocycles. The average Bonchev–Trinajstić information content (AvgIpc) is 3.14. The van der Waals surface area contributed by atoms with E-state index in [1.54, 1.807) is 48.5 Å². The topological polar surface area (TPSA) is 103 Å². The van der Waals surface area contributed by atoms with E-state index in [1.165, 1.54) is 6.92 Å². The number of carbonyl (C=O) groups is 3. The molecular weight excluding hydrogens is 352 g/mol. The molecule has 2 amide bonds. The first-order chi connectivity index (χ1) is 13.0. The van der Waals surface area contributed by atoms with Crippen molar-refractivity contribution in [3.63, 3.8) is 0 Å². The Morgan fingerprint density at radius 3 is 2.59 bits per heavy atom. The van der Waals surface area contributed by atoms with E-state index < -0.39 is 30.4 Å². The summed E-state index contributed by atoms with van der Waals surface area (Å²) in [4.78, 5) is 35.9. The molecule has 1 aliphatic heterocycles. The second-order valence-corrected chi connectivity index (χ2v) is 5.79. The maximum absolute atomic E-state index is 12.0. The van der Waals surface area contributed by atoms with Gasteiger partial charge in [-0.05, 0) is 31.2 Å². The van der Waals surface area contributed by atoms with Crippen molar-refractivity contribution in [2.75, 3.05) is 18.7 Å². The van der Waals surface area contributed by atoms with Crippen LogP contribution in [-0.4, -0.2) is 37.2 Å². The number of hydrogen-bond donors (Lipinski definition) is 2. The number of carbonyl (C=O) groups excluding carboxylic acids is 3. The van der Waals surface area contributed by atoms with Gasteiger partial charge < -0.3 is 24.8 Å². The largest absolute Gasteiger partial charge is 0.454 e. The predicted octanol–water partition coefficient (Wildman–Crippen LogP) is 1.72. The molecule has 0 bridgehead atoms. The van der Waals surface area contributed by atoms with Gasteiger partial charge in [-0.25, -0.2) is 4.79 Å². The highest BCUT2D eigenvalue weighted by Gasteiger charge is 2.19. The van der Waals surface area contributed by atoms with Crippen molar-refractivity contribution in [1.29, 1.82) is 0 Å². The molecule has 0 radical (unpaired) electrons. The summed E-state index contributed by atoms with van der Waals surface area (Å²) in [5.74, 6) is -0.488. The molecule has 2 aromatic rings. The lowest BCUT2D eigenvalue weighted by atomic mass is 10.2. The van der Waals surface area contributed by atoms with E-state index >= 15 is 0 Å². The Labute approximate surface area is 155 Å². The van der Waals surface area contributed by atoms with E-state index in [4.69, 9.17) is 14.2 Å². The van der Waals surface area contributed by atoms with Gasteiger partial charge in [0.05, 0.1) is 0 Å². The number of rotatable bonds is 6. The Morgan fingerprint density at radius 2 is 1.81 bits per heavy atom. The summed E-state index contributed by atoms with van der Waals surface area (Å²) < 4.78 is 15.4. The van der Waals surface area contributed by atoms with E-state index in [2.05, 4.69) is 10.6 Å². The maximum Gasteiger partial charge on any atom is 0.328 e. The molecule has 0 aromatic heterocycles. The number of ether oxygens (including phenoxy) is 3. The molecule has 1 atom stereocenters. The molecule has 0 spiro atoms. The van der Waals surface area contributed by atoms with Gasteiger partial charge in [0.1, 0.15) is 6.04 Å². The van der Waals surface area contributed by atoms with Gasteiger partial charge >= 0.3 is 5.97 Å². The number of anilines is 1. The van der Waals surface area contributed by atoms with Crippen molar-refractivity contribution in [3.05, 3.63) is 54.1 Å². The van der Waals surface area contributed by atoms with Gasteiger partial charge in [-0.3, -0.25) is 9.59 Å². The SMILES string of the molecule is CC(NC(=O)c1ccccc1)C(=O)OCC(=O)Nc1ccc2c(c1)OCO2. The van der Waals surface area contributed by atoms with Gasteiger partial charge in [-0.2, -0.15) is 0 Å². The summed E-state index contributed by atoms with van der Waals surface area (Å²) in [5, 5.41) is 5.12. The second kappa shape index (κ2) is 8.22. The van der Waals surface area contributed by atoms with Crippen molar-refractivity contribution < 1.29 is 28.6 Å². The van der Waals surface area contributed by atoms with Crippen LogP contribution in [0.5, 0.6) is 11.5 Å². The van der Waals surface area contributed by atoms with E-state index in [1.807, 2.05) is 0 Å².